The molecule has 0 aliphatic rings. The summed E-state index contributed by atoms with van der Waals surface area (Å²) in [5.74, 6) is 0. The summed E-state index contributed by atoms with van der Waals surface area (Å²) < 4.78 is 0. The molecule has 0 aliphatic carbocycles. The maximum Gasteiger partial charge on any atom is 0.241 e. The molecule has 0 fully saturated rings. The van der Waals surface area contributed by atoms with Crippen LogP contribution in [0.4, 0.5) is 0 Å². The molecule has 0 unspecified atom stereocenters. The molecule has 0 saturated heterocycles. The summed E-state index contributed by atoms with van der Waals surface area (Å²) in [5, 5.41) is 0. The minimum atomic E-state index is 0.295. The summed E-state index contributed by atoms with van der Waals surface area (Å²) in [6.07, 6.45) is 1.43. The molecule has 3 heteroatoms. The Morgan fingerprint density at radius 2 is 2.17 bits per heavy atom. The first kappa shape index (κ1) is 8.78. The number of isocyanates is 1. The van der Waals surface area contributed by atoms with E-state index >= 15 is 0 Å². The van der Waals surface area contributed by atoms with Gasteiger partial charge in [-0.1, -0.05) is 36.5 Å². The van der Waals surface area contributed by atoms with Crippen molar-refractivity contribution in [2.45, 2.75) is 6.92 Å². The highest BCUT2D eigenvalue weighted by molar-refractivity contribution is 7.80. The van der Waals surface area contributed by atoms with Crippen LogP contribution in [0.2, 0.25) is 0 Å². The van der Waals surface area contributed by atoms with Gasteiger partial charge in [0.25, 0.3) is 0 Å². The Morgan fingerprint density at radius 3 is 2.75 bits per heavy atom. The van der Waals surface area contributed by atoms with Crippen LogP contribution in [0.25, 0.3) is 0 Å². The number of carbonyl (C=O) groups excluding carboxylic acids is 1. The molecule has 0 amide bonds. The Hall–Kier alpha value is -1.31. The molecular weight excluding hydrogens is 170 g/mol. The number of hydrogen-bond acceptors (Lipinski definition) is 2. The smallest absolute Gasteiger partial charge is 0.211 e. The number of aliphatic imine (C=N–C) groups is 1. The van der Waals surface area contributed by atoms with Crippen LogP contribution in [0, 0.1) is 6.92 Å². The highest BCUT2D eigenvalue weighted by Gasteiger charge is 2.00. The highest BCUT2D eigenvalue weighted by atomic mass is 32.1. The second-order valence-corrected chi connectivity index (χ2v) is 2.71. The summed E-state index contributed by atoms with van der Waals surface area (Å²) in [6.45, 7) is 1.92. The normalized spacial score (nSPS) is 8.75. The monoisotopic (exact) mass is 177 g/mol. The Labute approximate surface area is 75.9 Å². The number of thiocarbonyl (C=S) groups is 1. The zero-order valence-corrected chi connectivity index (χ0v) is 7.39. The van der Waals surface area contributed by atoms with Crippen molar-refractivity contribution in [2.75, 3.05) is 0 Å². The van der Waals surface area contributed by atoms with Gasteiger partial charge in [0.05, 0.1) is 0 Å². The van der Waals surface area contributed by atoms with Gasteiger partial charge in [-0.05, 0) is 12.5 Å². The van der Waals surface area contributed by atoms with Gasteiger partial charge in [-0.3, -0.25) is 0 Å². The molecule has 0 aromatic heterocycles. The van der Waals surface area contributed by atoms with Crippen molar-refractivity contribution in [3.63, 3.8) is 0 Å². The Balaban J connectivity index is 3.11. The molecule has 2 nitrogen and oxygen atoms in total. The van der Waals surface area contributed by atoms with Crippen LogP contribution >= 0.6 is 12.2 Å². The molecule has 12 heavy (non-hydrogen) atoms. The van der Waals surface area contributed by atoms with E-state index in [1.165, 1.54) is 6.08 Å². The SMILES string of the molecule is Cc1ccccc1C(=S)N=C=O. The van der Waals surface area contributed by atoms with Gasteiger partial charge in [0, 0.05) is 5.56 Å². The number of aryl methyl sites for hydroxylation is 1. The average Bonchev–Trinajstić information content (AvgIpc) is 2.05. The van der Waals surface area contributed by atoms with Crippen LogP contribution < -0.4 is 0 Å². The van der Waals surface area contributed by atoms with E-state index in [0.29, 0.717) is 4.99 Å². The quantitative estimate of drug-likeness (QED) is 0.373. The summed E-state index contributed by atoms with van der Waals surface area (Å²) in [4.78, 5) is 13.6. The first-order valence-electron chi connectivity index (χ1n) is 3.43. The van der Waals surface area contributed by atoms with Crippen LogP contribution in [-0.2, 0) is 4.79 Å². The largest absolute Gasteiger partial charge is 0.241 e. The molecule has 1 aromatic rings. The Bertz CT molecular complexity index is 353. The van der Waals surface area contributed by atoms with Crippen LogP contribution in [-0.4, -0.2) is 11.1 Å². The lowest BCUT2D eigenvalue weighted by molar-refractivity contribution is 0.566. The Kier molecular flexibility index (Phi) is 2.86. The standard InChI is InChI=1S/C9H7NOS/c1-7-4-2-3-5-8(7)9(12)10-6-11/h2-5H,1H3. The molecule has 1 aromatic carbocycles. The topological polar surface area (TPSA) is 29.4 Å². The zero-order chi connectivity index (χ0) is 8.97. The molecule has 0 aliphatic heterocycles. The van der Waals surface area contributed by atoms with Gasteiger partial charge in [0.1, 0.15) is 4.99 Å². The van der Waals surface area contributed by atoms with Gasteiger partial charge in [-0.15, -0.1) is 0 Å². The van der Waals surface area contributed by atoms with E-state index in [4.69, 9.17) is 12.2 Å². The van der Waals surface area contributed by atoms with E-state index in [1.54, 1.807) is 0 Å². The third kappa shape index (κ3) is 1.84. The molecule has 0 saturated carbocycles. The van der Waals surface area contributed by atoms with Crippen LogP contribution in [0.15, 0.2) is 29.3 Å². The molecule has 0 radical (unpaired) electrons. The van der Waals surface area contributed by atoms with Crippen molar-refractivity contribution in [1.82, 2.24) is 0 Å². The lowest BCUT2D eigenvalue weighted by Crippen LogP contribution is -1.95. The van der Waals surface area contributed by atoms with Crippen LogP contribution in [0.3, 0.4) is 0 Å². The molecule has 0 N–H and O–H groups in total. The fraction of sp³-hybridized carbons (Fsp3) is 0.111. The summed E-state index contributed by atoms with van der Waals surface area (Å²) >= 11 is 4.88. The number of nitrogens with zero attached hydrogens (tertiary/aromatic N) is 1. The summed E-state index contributed by atoms with van der Waals surface area (Å²) in [6, 6.07) is 7.52. The molecule has 0 heterocycles. The summed E-state index contributed by atoms with van der Waals surface area (Å²) in [7, 11) is 0. The van der Waals surface area contributed by atoms with Crippen molar-refractivity contribution in [3.8, 4) is 0 Å². The second kappa shape index (κ2) is 3.90. The van der Waals surface area contributed by atoms with E-state index in [-0.39, 0.29) is 0 Å². The average molecular weight is 177 g/mol. The van der Waals surface area contributed by atoms with Gasteiger partial charge in [0.15, 0.2) is 0 Å². The lowest BCUT2D eigenvalue weighted by Gasteiger charge is -1.99. The van der Waals surface area contributed by atoms with Gasteiger partial charge in [-0.2, -0.15) is 4.99 Å². The molecule has 60 valence electrons. The third-order valence-corrected chi connectivity index (χ3v) is 1.83. The fourth-order valence-corrected chi connectivity index (χ4v) is 1.18. The first-order chi connectivity index (χ1) is 5.75. The van der Waals surface area contributed by atoms with Crippen LogP contribution in [0.1, 0.15) is 11.1 Å². The minimum absolute atomic E-state index is 0.295. The van der Waals surface area contributed by atoms with Crippen molar-refractivity contribution in [1.29, 1.82) is 0 Å². The highest BCUT2D eigenvalue weighted by Crippen LogP contribution is 2.08. The predicted octanol–water partition coefficient (Wildman–Crippen LogP) is 2.01. The zero-order valence-electron chi connectivity index (χ0n) is 6.57. The van der Waals surface area contributed by atoms with Gasteiger partial charge in [0.2, 0.25) is 6.08 Å². The van der Waals surface area contributed by atoms with Gasteiger partial charge < -0.3 is 0 Å². The predicted molar refractivity (Wildman–Crippen MR) is 51.0 cm³/mol. The maximum atomic E-state index is 9.92. The van der Waals surface area contributed by atoms with Crippen molar-refractivity contribution >= 4 is 23.3 Å². The fourth-order valence-electron chi connectivity index (χ4n) is 0.915. The van der Waals surface area contributed by atoms with E-state index < -0.39 is 0 Å². The molecule has 0 bridgehead atoms. The molecule has 0 atom stereocenters. The molecule has 1 rings (SSSR count). The van der Waals surface area contributed by atoms with E-state index in [1.807, 2.05) is 31.2 Å². The number of hydrogen-bond donors (Lipinski definition) is 0. The third-order valence-electron chi connectivity index (χ3n) is 1.52. The van der Waals surface area contributed by atoms with E-state index in [0.717, 1.165) is 11.1 Å². The lowest BCUT2D eigenvalue weighted by atomic mass is 10.1. The maximum absolute atomic E-state index is 9.92. The van der Waals surface area contributed by atoms with Gasteiger partial charge >= 0.3 is 0 Å². The van der Waals surface area contributed by atoms with Gasteiger partial charge in [-0.25, -0.2) is 4.79 Å². The van der Waals surface area contributed by atoms with E-state index in [2.05, 4.69) is 4.99 Å². The second-order valence-electron chi connectivity index (χ2n) is 2.32. The van der Waals surface area contributed by atoms with Crippen molar-refractivity contribution in [2.24, 2.45) is 4.99 Å². The number of benzene rings is 1. The molecule has 0 spiro atoms. The first-order valence-corrected chi connectivity index (χ1v) is 3.84. The minimum Gasteiger partial charge on any atom is -0.211 e. The van der Waals surface area contributed by atoms with Crippen molar-refractivity contribution < 1.29 is 4.79 Å². The summed E-state index contributed by atoms with van der Waals surface area (Å²) in [5.41, 5.74) is 1.83. The Morgan fingerprint density at radius 1 is 1.50 bits per heavy atom. The number of rotatable bonds is 1. The molecular formula is C9H7NOS. The van der Waals surface area contributed by atoms with E-state index in [9.17, 15) is 4.79 Å². The van der Waals surface area contributed by atoms with Crippen LogP contribution in [0.5, 0.6) is 0 Å². The van der Waals surface area contributed by atoms with Crippen molar-refractivity contribution in [3.05, 3.63) is 35.4 Å².